The van der Waals surface area contributed by atoms with E-state index in [0.29, 0.717) is 10.8 Å². The van der Waals surface area contributed by atoms with Crippen LogP contribution in [-0.2, 0) is 0 Å². The quantitative estimate of drug-likeness (QED) is 0.791. The summed E-state index contributed by atoms with van der Waals surface area (Å²) in [5.74, 6) is 0.894. The van der Waals surface area contributed by atoms with E-state index in [1.165, 1.54) is 25.8 Å². The molecule has 3 fully saturated rings. The summed E-state index contributed by atoms with van der Waals surface area (Å²) >= 11 is 0. The van der Waals surface area contributed by atoms with E-state index >= 15 is 0 Å². The minimum absolute atomic E-state index is 0.437. The summed E-state index contributed by atoms with van der Waals surface area (Å²) in [6.45, 7) is 9.90. The molecular weight excluding hydrogens is 196 g/mol. The topological polar surface area (TPSA) is 15.3 Å². The lowest BCUT2D eigenvalue weighted by Crippen LogP contribution is -2.68. The Labute approximate surface area is 101 Å². The van der Waals surface area contributed by atoms with Crippen molar-refractivity contribution < 1.29 is 0 Å². The first-order chi connectivity index (χ1) is 7.49. The van der Waals surface area contributed by atoms with Gasteiger partial charge in [0.05, 0.1) is 0 Å². The molecule has 2 bridgehead atoms. The molecule has 2 saturated heterocycles. The first-order valence-corrected chi connectivity index (χ1v) is 6.84. The highest BCUT2D eigenvalue weighted by atomic mass is 15.2. The van der Waals surface area contributed by atoms with Crippen LogP contribution in [0.1, 0.15) is 40.0 Å². The molecule has 94 valence electrons. The van der Waals surface area contributed by atoms with Gasteiger partial charge in [0.15, 0.2) is 0 Å². The average molecular weight is 224 g/mol. The second kappa shape index (κ2) is 3.99. The van der Waals surface area contributed by atoms with Gasteiger partial charge in [0.1, 0.15) is 0 Å². The number of rotatable bonds is 3. The van der Waals surface area contributed by atoms with Crippen molar-refractivity contribution in [1.82, 2.24) is 10.2 Å². The molecule has 3 rings (SSSR count). The third-order valence-electron chi connectivity index (χ3n) is 6.05. The molecule has 1 unspecified atom stereocenters. The Balaban J connectivity index is 2.37. The lowest BCUT2D eigenvalue weighted by molar-refractivity contribution is -0.154. The van der Waals surface area contributed by atoms with Crippen LogP contribution in [0.15, 0.2) is 0 Å². The molecule has 4 atom stereocenters. The molecule has 0 aromatic rings. The van der Waals surface area contributed by atoms with Crippen LogP contribution in [0.2, 0.25) is 0 Å². The Morgan fingerprint density at radius 1 is 1.25 bits per heavy atom. The summed E-state index contributed by atoms with van der Waals surface area (Å²) in [6.07, 6.45) is 4.16. The summed E-state index contributed by atoms with van der Waals surface area (Å²) in [7, 11) is 4.42. The van der Waals surface area contributed by atoms with Crippen LogP contribution in [0, 0.1) is 16.7 Å². The van der Waals surface area contributed by atoms with Gasteiger partial charge in [-0.25, -0.2) is 0 Å². The normalized spacial score (nSPS) is 48.6. The Kier molecular flexibility index (Phi) is 3.09. The molecule has 0 spiro atoms. The molecule has 2 aliphatic heterocycles. The molecule has 0 aromatic carbocycles. The van der Waals surface area contributed by atoms with Crippen molar-refractivity contribution in [2.45, 2.75) is 46.1 Å². The highest BCUT2D eigenvalue weighted by Gasteiger charge is 2.59. The summed E-state index contributed by atoms with van der Waals surface area (Å²) < 4.78 is 0. The third kappa shape index (κ3) is 1.39. The van der Waals surface area contributed by atoms with Crippen molar-refractivity contribution in [2.75, 3.05) is 27.2 Å². The van der Waals surface area contributed by atoms with E-state index in [0.717, 1.165) is 18.5 Å². The molecule has 0 amide bonds. The van der Waals surface area contributed by atoms with Crippen molar-refractivity contribution in [2.24, 2.45) is 16.7 Å². The van der Waals surface area contributed by atoms with Crippen molar-refractivity contribution in [3.05, 3.63) is 0 Å². The maximum atomic E-state index is 3.45. The Hall–Kier alpha value is -0.0800. The van der Waals surface area contributed by atoms with Crippen LogP contribution in [0.25, 0.3) is 0 Å². The van der Waals surface area contributed by atoms with Gasteiger partial charge in [-0.2, -0.15) is 0 Å². The van der Waals surface area contributed by atoms with Crippen molar-refractivity contribution in [1.29, 1.82) is 0 Å². The second-order valence-electron chi connectivity index (χ2n) is 6.45. The Morgan fingerprint density at radius 3 is 2.44 bits per heavy atom. The SMILES string of the molecule is CC[C@]1(C)[C@@H]2CCC(N(C)C2)[C@]1(C)CNC. The van der Waals surface area contributed by atoms with Gasteiger partial charge >= 0.3 is 0 Å². The molecule has 2 heteroatoms. The lowest BCUT2D eigenvalue weighted by atomic mass is 9.47. The maximum Gasteiger partial charge on any atom is 0.0164 e. The standard InChI is InChI=1S/C14H28N2/c1-6-13(2)11-7-8-12(16(5)9-11)14(13,3)10-15-4/h11-12,15H,6-10H2,1-5H3/t11-,12?,13-,14+/m1/s1. The fourth-order valence-corrected chi connectivity index (χ4v) is 4.70. The average Bonchev–Trinajstić information content (AvgIpc) is 2.26. The van der Waals surface area contributed by atoms with Gasteiger partial charge in [-0.3, -0.25) is 0 Å². The van der Waals surface area contributed by atoms with Crippen LogP contribution in [-0.4, -0.2) is 38.1 Å². The van der Waals surface area contributed by atoms with Crippen LogP contribution >= 0.6 is 0 Å². The van der Waals surface area contributed by atoms with Gasteiger partial charge in [0, 0.05) is 24.5 Å². The zero-order chi connectivity index (χ0) is 12.0. The van der Waals surface area contributed by atoms with Gasteiger partial charge < -0.3 is 10.2 Å². The molecule has 1 saturated carbocycles. The van der Waals surface area contributed by atoms with Gasteiger partial charge in [-0.05, 0) is 44.7 Å². The van der Waals surface area contributed by atoms with Crippen LogP contribution < -0.4 is 5.32 Å². The molecule has 0 radical (unpaired) electrons. The predicted octanol–water partition coefficient (Wildman–Crippen LogP) is 2.35. The highest BCUT2D eigenvalue weighted by Crippen LogP contribution is 2.59. The smallest absolute Gasteiger partial charge is 0.0164 e. The van der Waals surface area contributed by atoms with E-state index < -0.39 is 0 Å². The monoisotopic (exact) mass is 224 g/mol. The van der Waals surface area contributed by atoms with Crippen molar-refractivity contribution in [3.63, 3.8) is 0 Å². The summed E-state index contributed by atoms with van der Waals surface area (Å²) in [6, 6.07) is 0.773. The maximum absolute atomic E-state index is 3.45. The lowest BCUT2D eigenvalue weighted by Gasteiger charge is -2.65. The van der Waals surface area contributed by atoms with E-state index in [4.69, 9.17) is 0 Å². The fourth-order valence-electron chi connectivity index (χ4n) is 4.70. The molecule has 3 aliphatic rings. The first kappa shape index (κ1) is 12.4. The van der Waals surface area contributed by atoms with Gasteiger partial charge in [0.2, 0.25) is 0 Å². The number of nitrogens with one attached hydrogen (secondary N) is 1. The van der Waals surface area contributed by atoms with E-state index in [1.54, 1.807) is 0 Å². The van der Waals surface area contributed by atoms with Crippen LogP contribution in [0.3, 0.4) is 0 Å². The number of nitrogens with zero attached hydrogens (tertiary/aromatic N) is 1. The van der Waals surface area contributed by atoms with E-state index in [-0.39, 0.29) is 0 Å². The van der Waals surface area contributed by atoms with E-state index in [9.17, 15) is 0 Å². The number of piperidine rings is 2. The molecule has 1 aliphatic carbocycles. The Morgan fingerprint density at radius 2 is 1.94 bits per heavy atom. The zero-order valence-electron chi connectivity index (χ0n) is 11.6. The van der Waals surface area contributed by atoms with E-state index in [2.05, 4.69) is 45.1 Å². The highest BCUT2D eigenvalue weighted by molar-refractivity contribution is 5.11. The van der Waals surface area contributed by atoms with Crippen molar-refractivity contribution >= 4 is 0 Å². The minimum atomic E-state index is 0.437. The third-order valence-corrected chi connectivity index (χ3v) is 6.05. The van der Waals surface area contributed by atoms with Crippen LogP contribution in [0.5, 0.6) is 0 Å². The van der Waals surface area contributed by atoms with Gasteiger partial charge in [-0.15, -0.1) is 0 Å². The molecule has 16 heavy (non-hydrogen) atoms. The first-order valence-electron chi connectivity index (χ1n) is 6.84. The molecule has 1 N–H and O–H groups in total. The fraction of sp³-hybridized carbons (Fsp3) is 1.00. The van der Waals surface area contributed by atoms with Crippen LogP contribution in [0.4, 0.5) is 0 Å². The van der Waals surface area contributed by atoms with Gasteiger partial charge in [0.25, 0.3) is 0 Å². The number of hydrogen-bond acceptors (Lipinski definition) is 2. The predicted molar refractivity (Wildman–Crippen MR) is 69.6 cm³/mol. The summed E-state index contributed by atoms with van der Waals surface area (Å²) in [5, 5.41) is 3.45. The van der Waals surface area contributed by atoms with Gasteiger partial charge in [-0.1, -0.05) is 20.8 Å². The molecule has 0 aromatic heterocycles. The second-order valence-corrected chi connectivity index (χ2v) is 6.45. The number of fused-ring (bicyclic) bond motifs is 3. The zero-order valence-corrected chi connectivity index (χ0v) is 11.6. The molecule has 2 heterocycles. The largest absolute Gasteiger partial charge is 0.319 e. The Bertz CT molecular complexity index is 265. The summed E-state index contributed by atoms with van der Waals surface area (Å²) in [5.41, 5.74) is 0.956. The minimum Gasteiger partial charge on any atom is -0.319 e. The number of hydrogen-bond donors (Lipinski definition) is 1. The molecular formula is C14H28N2. The molecule has 2 nitrogen and oxygen atoms in total. The van der Waals surface area contributed by atoms with Crippen molar-refractivity contribution in [3.8, 4) is 0 Å². The van der Waals surface area contributed by atoms with E-state index in [1.807, 2.05) is 0 Å². The summed E-state index contributed by atoms with van der Waals surface area (Å²) in [4.78, 5) is 2.61.